The van der Waals surface area contributed by atoms with Crippen LogP contribution in [0.2, 0.25) is 0 Å². The zero-order valence-corrected chi connectivity index (χ0v) is 24.3. The second kappa shape index (κ2) is 17.5. The lowest BCUT2D eigenvalue weighted by Crippen LogP contribution is -2.57. The monoisotopic (exact) mass is 601 g/mol. The predicted molar refractivity (Wildman–Crippen MR) is 167 cm³/mol. The SMILES string of the molecule is NC(=O)[C@@H](CCCN=C(N)N)NC(=O)[C@@H](Cc1ccccc1)NC(=O)[C@H](Cc1cnc[nH]1)NC(=O)C/C=C/c1ccccc1. The molecule has 4 amide bonds. The van der Waals surface area contributed by atoms with Crippen molar-refractivity contribution in [1.29, 1.82) is 0 Å². The van der Waals surface area contributed by atoms with Crippen LogP contribution in [0.4, 0.5) is 0 Å². The number of benzene rings is 2. The first-order valence-electron chi connectivity index (χ1n) is 14.2. The van der Waals surface area contributed by atoms with Gasteiger partial charge in [0.15, 0.2) is 5.96 Å². The Balaban J connectivity index is 1.74. The van der Waals surface area contributed by atoms with Crippen molar-refractivity contribution in [2.75, 3.05) is 6.54 Å². The molecule has 3 rings (SSSR count). The molecule has 1 aromatic heterocycles. The van der Waals surface area contributed by atoms with Gasteiger partial charge in [-0.2, -0.15) is 0 Å². The average Bonchev–Trinajstić information content (AvgIpc) is 3.52. The lowest BCUT2D eigenvalue weighted by molar-refractivity contribution is -0.133. The highest BCUT2D eigenvalue weighted by molar-refractivity contribution is 5.94. The number of amides is 4. The fourth-order valence-corrected chi connectivity index (χ4v) is 4.34. The van der Waals surface area contributed by atoms with E-state index in [0.29, 0.717) is 12.1 Å². The van der Waals surface area contributed by atoms with E-state index in [0.717, 1.165) is 11.1 Å². The van der Waals surface area contributed by atoms with Crippen LogP contribution in [-0.2, 0) is 32.0 Å². The van der Waals surface area contributed by atoms with E-state index in [1.165, 1.54) is 6.33 Å². The summed E-state index contributed by atoms with van der Waals surface area (Å²) in [4.78, 5) is 62.9. The number of guanidine groups is 1. The molecule has 0 aliphatic heterocycles. The molecule has 0 saturated carbocycles. The zero-order chi connectivity index (χ0) is 31.7. The first-order chi connectivity index (χ1) is 21.2. The highest BCUT2D eigenvalue weighted by Gasteiger charge is 2.29. The summed E-state index contributed by atoms with van der Waals surface area (Å²) in [6, 6.07) is 15.5. The number of carbonyl (C=O) groups excluding carboxylic acids is 4. The second-order valence-corrected chi connectivity index (χ2v) is 10.1. The molecule has 44 heavy (non-hydrogen) atoms. The Morgan fingerprint density at radius 3 is 2.09 bits per heavy atom. The van der Waals surface area contributed by atoms with Gasteiger partial charge in [-0.3, -0.25) is 24.2 Å². The lowest BCUT2D eigenvalue weighted by atomic mass is 10.0. The van der Waals surface area contributed by atoms with Crippen LogP contribution in [0.25, 0.3) is 6.08 Å². The third-order valence-electron chi connectivity index (χ3n) is 6.56. The van der Waals surface area contributed by atoms with Crippen LogP contribution in [0.15, 0.2) is 84.3 Å². The van der Waals surface area contributed by atoms with E-state index in [4.69, 9.17) is 17.2 Å². The highest BCUT2D eigenvalue weighted by atomic mass is 16.2. The summed E-state index contributed by atoms with van der Waals surface area (Å²) in [7, 11) is 0. The molecule has 0 bridgehead atoms. The van der Waals surface area contributed by atoms with E-state index in [1.807, 2.05) is 66.7 Å². The number of primary amides is 1. The lowest BCUT2D eigenvalue weighted by Gasteiger charge is -2.25. The topological polar surface area (TPSA) is 223 Å². The largest absolute Gasteiger partial charge is 0.370 e. The van der Waals surface area contributed by atoms with Crippen LogP contribution >= 0.6 is 0 Å². The van der Waals surface area contributed by atoms with E-state index in [2.05, 4.69) is 30.9 Å². The van der Waals surface area contributed by atoms with Crippen LogP contribution < -0.4 is 33.2 Å². The van der Waals surface area contributed by atoms with E-state index >= 15 is 0 Å². The number of imidazole rings is 1. The molecule has 1 heterocycles. The smallest absolute Gasteiger partial charge is 0.243 e. The molecule has 3 aromatic rings. The number of carbonyl (C=O) groups is 4. The van der Waals surface area contributed by atoms with Crippen molar-refractivity contribution in [2.45, 2.75) is 50.2 Å². The molecular formula is C31H39N9O4. The van der Waals surface area contributed by atoms with Gasteiger partial charge in [-0.05, 0) is 24.0 Å². The van der Waals surface area contributed by atoms with Gasteiger partial charge in [-0.1, -0.05) is 72.8 Å². The van der Waals surface area contributed by atoms with E-state index < -0.39 is 35.8 Å². The number of hydrogen-bond acceptors (Lipinski definition) is 6. The number of H-pyrrole nitrogens is 1. The highest BCUT2D eigenvalue weighted by Crippen LogP contribution is 2.08. The molecule has 0 fully saturated rings. The fraction of sp³-hybridized carbons (Fsp3) is 0.290. The van der Waals surface area contributed by atoms with Crippen molar-refractivity contribution in [3.8, 4) is 0 Å². The van der Waals surface area contributed by atoms with Crippen molar-refractivity contribution >= 4 is 35.7 Å². The first-order valence-corrected chi connectivity index (χ1v) is 14.2. The zero-order valence-electron chi connectivity index (χ0n) is 24.3. The molecule has 0 radical (unpaired) electrons. The average molecular weight is 602 g/mol. The van der Waals surface area contributed by atoms with Crippen LogP contribution in [-0.4, -0.2) is 64.2 Å². The maximum Gasteiger partial charge on any atom is 0.243 e. The normalized spacial score (nSPS) is 12.9. The number of aliphatic imine (C=N–C) groups is 1. The maximum atomic E-state index is 13.6. The maximum absolute atomic E-state index is 13.6. The number of aromatic nitrogens is 2. The minimum atomic E-state index is -1.08. The van der Waals surface area contributed by atoms with Gasteiger partial charge in [0.25, 0.3) is 0 Å². The predicted octanol–water partition coefficient (Wildman–Crippen LogP) is 0.292. The molecule has 10 N–H and O–H groups in total. The van der Waals surface area contributed by atoms with Gasteiger partial charge < -0.3 is 38.1 Å². The number of hydrogen-bond donors (Lipinski definition) is 7. The van der Waals surface area contributed by atoms with Gasteiger partial charge in [0.1, 0.15) is 18.1 Å². The quantitative estimate of drug-likeness (QED) is 0.0650. The summed E-state index contributed by atoms with van der Waals surface area (Å²) < 4.78 is 0. The molecule has 0 unspecified atom stereocenters. The van der Waals surface area contributed by atoms with Gasteiger partial charge in [-0.15, -0.1) is 0 Å². The third kappa shape index (κ3) is 11.8. The molecule has 3 atom stereocenters. The molecule has 0 aliphatic rings. The van der Waals surface area contributed by atoms with Gasteiger partial charge >= 0.3 is 0 Å². The Labute approximate surface area is 255 Å². The Kier molecular flexibility index (Phi) is 13.1. The van der Waals surface area contributed by atoms with Gasteiger partial charge in [-0.25, -0.2) is 4.98 Å². The van der Waals surface area contributed by atoms with Gasteiger partial charge in [0, 0.05) is 37.7 Å². The molecule has 0 aliphatic carbocycles. The molecular weight excluding hydrogens is 562 g/mol. The van der Waals surface area contributed by atoms with Crippen molar-refractivity contribution in [3.05, 3.63) is 96.1 Å². The third-order valence-corrected chi connectivity index (χ3v) is 6.56. The Bertz CT molecular complexity index is 1410. The van der Waals surface area contributed by atoms with Crippen molar-refractivity contribution in [3.63, 3.8) is 0 Å². The summed E-state index contributed by atoms with van der Waals surface area (Å²) in [5.74, 6) is -2.39. The summed E-state index contributed by atoms with van der Waals surface area (Å²) in [5.41, 5.74) is 18.6. The number of nitrogens with zero attached hydrogens (tertiary/aromatic N) is 2. The van der Waals surface area contributed by atoms with E-state index in [-0.39, 0.29) is 44.1 Å². The molecule has 0 spiro atoms. The minimum absolute atomic E-state index is 0.0374. The van der Waals surface area contributed by atoms with Gasteiger partial charge in [0.2, 0.25) is 23.6 Å². The molecule has 13 nitrogen and oxygen atoms in total. The molecule has 0 saturated heterocycles. The molecule has 232 valence electrons. The second-order valence-electron chi connectivity index (χ2n) is 10.1. The van der Waals surface area contributed by atoms with Crippen molar-refractivity contribution < 1.29 is 19.2 Å². The number of aromatic amines is 1. The van der Waals surface area contributed by atoms with E-state index in [1.54, 1.807) is 12.3 Å². The van der Waals surface area contributed by atoms with Crippen molar-refractivity contribution in [2.24, 2.45) is 22.2 Å². The number of nitrogens with two attached hydrogens (primary N) is 3. The van der Waals surface area contributed by atoms with Gasteiger partial charge in [0.05, 0.1) is 6.33 Å². The fourth-order valence-electron chi connectivity index (χ4n) is 4.34. The Morgan fingerprint density at radius 1 is 0.841 bits per heavy atom. The van der Waals surface area contributed by atoms with Crippen LogP contribution in [0.5, 0.6) is 0 Å². The molecule has 2 aromatic carbocycles. The minimum Gasteiger partial charge on any atom is -0.370 e. The van der Waals surface area contributed by atoms with Crippen LogP contribution in [0.1, 0.15) is 36.1 Å². The van der Waals surface area contributed by atoms with Crippen molar-refractivity contribution in [1.82, 2.24) is 25.9 Å². The Hall–Kier alpha value is -5.46. The summed E-state index contributed by atoms with van der Waals surface area (Å²) in [6.45, 7) is 0.252. The van der Waals surface area contributed by atoms with E-state index in [9.17, 15) is 19.2 Å². The Morgan fingerprint density at radius 2 is 1.48 bits per heavy atom. The van der Waals surface area contributed by atoms with Crippen LogP contribution in [0.3, 0.4) is 0 Å². The molecule has 13 heteroatoms. The number of nitrogens with one attached hydrogen (secondary N) is 4. The van der Waals surface area contributed by atoms with Crippen LogP contribution in [0, 0.1) is 0 Å². The summed E-state index contributed by atoms with van der Waals surface area (Å²) in [6.07, 6.45) is 7.39. The summed E-state index contributed by atoms with van der Waals surface area (Å²) >= 11 is 0. The first kappa shape index (κ1) is 33.0. The summed E-state index contributed by atoms with van der Waals surface area (Å²) in [5, 5.41) is 8.18. The number of rotatable bonds is 17. The standard InChI is InChI=1S/C31H39N9O4/c32-28(42)24(14-8-16-36-31(33)34)39-29(43)25(17-22-11-5-2-6-12-22)40-30(44)26(18-23-19-35-20-37-23)38-27(41)15-7-13-21-9-3-1-4-10-21/h1-7,9-13,19-20,24-26H,8,14-18H2,(H2,32,42)(H,35,37)(H,38,41)(H,39,43)(H,40,44)(H4,33,34,36)/b13-7+/t24-,25-,26+/m1/s1.